The number of ether oxygens (including phenoxy) is 2. The number of fused-ring (bicyclic) bond motifs is 7. The largest absolute Gasteiger partial charge is 0.490 e. The lowest BCUT2D eigenvalue weighted by Crippen LogP contribution is -2.45. The zero-order valence-electron chi connectivity index (χ0n) is 19.6. The van der Waals surface area contributed by atoms with Crippen LogP contribution in [0.4, 0.5) is 0 Å². The van der Waals surface area contributed by atoms with Gasteiger partial charge in [-0.25, -0.2) is 0 Å². The number of methoxy groups -OCH3 is 1. The standard InChI is InChI=1S/C29H34O4/c1-4-19-11-15-21-24-16-17(2)8-14-22(24)28-26(21)25(19)27(30)23(29(31)32-3)7-5-6-18-9-12-20(33-28)13-10-18/h4-6,9-13,15,17,19,21-26,28H,1,7-8,14,16H2,2-3H3/b6-5-/t17-,19+,21+,22-,23-,24+,25+,26+,28+/m1/s1. The van der Waals surface area contributed by atoms with E-state index in [0.717, 1.165) is 24.2 Å². The molecule has 33 heavy (non-hydrogen) atoms. The lowest BCUT2D eigenvalue weighted by atomic mass is 9.65. The Hall–Kier alpha value is -2.62. The molecule has 2 heterocycles. The average molecular weight is 447 g/mol. The van der Waals surface area contributed by atoms with Crippen LogP contribution in [0, 0.1) is 47.3 Å². The molecular weight excluding hydrogens is 412 g/mol. The first-order valence-corrected chi connectivity index (χ1v) is 12.4. The Labute approximate surface area is 196 Å². The Morgan fingerprint density at radius 3 is 2.67 bits per heavy atom. The molecule has 2 fully saturated rings. The Kier molecular flexibility index (Phi) is 6.03. The SMILES string of the molecule is C=C[C@H]1C=C[C@H]2[C@@H]3C[C@H](C)CC[C@H]3[C@@H]3Oc4ccc(cc4)/C=C\C[C@@H](C(=O)OC)C(=O)[C@@H]1[C@H]23. The summed E-state index contributed by atoms with van der Waals surface area (Å²) in [4.78, 5) is 26.9. The Balaban J connectivity index is 1.64. The van der Waals surface area contributed by atoms with Crippen molar-refractivity contribution in [2.45, 2.75) is 38.7 Å². The van der Waals surface area contributed by atoms with Gasteiger partial charge >= 0.3 is 5.97 Å². The van der Waals surface area contributed by atoms with E-state index in [2.05, 4.69) is 25.7 Å². The maximum atomic E-state index is 14.1. The van der Waals surface area contributed by atoms with Crippen LogP contribution in [0.5, 0.6) is 5.75 Å². The summed E-state index contributed by atoms with van der Waals surface area (Å²) in [5.74, 6) is 1.04. The molecule has 5 aliphatic rings. The van der Waals surface area contributed by atoms with Crippen LogP contribution in [0.1, 0.15) is 38.2 Å². The smallest absolute Gasteiger partial charge is 0.316 e. The second-order valence-electron chi connectivity index (χ2n) is 10.4. The number of benzene rings is 1. The molecule has 0 unspecified atom stereocenters. The van der Waals surface area contributed by atoms with Gasteiger partial charge in [0.2, 0.25) is 0 Å². The number of Topliss-reactive ketones (excluding diaryl/α,β-unsaturated/α-hetero) is 1. The maximum absolute atomic E-state index is 14.1. The van der Waals surface area contributed by atoms with Crippen molar-refractivity contribution in [3.05, 3.63) is 60.7 Å². The van der Waals surface area contributed by atoms with Gasteiger partial charge in [0.15, 0.2) is 5.78 Å². The number of carbonyl (C=O) groups is 2. The molecule has 0 aromatic heterocycles. The summed E-state index contributed by atoms with van der Waals surface area (Å²) < 4.78 is 11.8. The fourth-order valence-corrected chi connectivity index (χ4v) is 7.06. The molecule has 1 aromatic rings. The minimum atomic E-state index is -0.813. The molecule has 4 heteroatoms. The average Bonchev–Trinajstić information content (AvgIpc) is 3.14. The van der Waals surface area contributed by atoms with Gasteiger partial charge in [0.25, 0.3) is 0 Å². The Morgan fingerprint density at radius 2 is 1.94 bits per heavy atom. The summed E-state index contributed by atoms with van der Waals surface area (Å²) in [6.45, 7) is 6.39. The lowest BCUT2D eigenvalue weighted by Gasteiger charge is -2.39. The normalized spacial score (nSPS) is 40.3. The number of hydrogen-bond donors (Lipinski definition) is 0. The Bertz CT molecular complexity index is 974. The van der Waals surface area contributed by atoms with E-state index >= 15 is 0 Å². The van der Waals surface area contributed by atoms with E-state index < -0.39 is 11.9 Å². The van der Waals surface area contributed by atoms with Crippen molar-refractivity contribution in [2.75, 3.05) is 7.11 Å². The van der Waals surface area contributed by atoms with Gasteiger partial charge in [0.05, 0.1) is 7.11 Å². The van der Waals surface area contributed by atoms with Crippen molar-refractivity contribution in [2.24, 2.45) is 47.3 Å². The molecule has 2 saturated carbocycles. The fraction of sp³-hybridized carbons (Fsp3) is 0.517. The summed E-state index contributed by atoms with van der Waals surface area (Å²) in [6.07, 6.45) is 14.0. The van der Waals surface area contributed by atoms with Crippen LogP contribution in [-0.4, -0.2) is 25.0 Å². The predicted octanol–water partition coefficient (Wildman–Crippen LogP) is 5.50. The number of allylic oxidation sites excluding steroid dienone is 4. The molecule has 6 rings (SSSR count). The highest BCUT2D eigenvalue weighted by Crippen LogP contribution is 2.57. The molecule has 0 saturated heterocycles. The zero-order chi connectivity index (χ0) is 23.1. The highest BCUT2D eigenvalue weighted by Gasteiger charge is 2.58. The zero-order valence-corrected chi connectivity index (χ0v) is 19.6. The van der Waals surface area contributed by atoms with Crippen LogP contribution in [-0.2, 0) is 14.3 Å². The van der Waals surface area contributed by atoms with E-state index in [1.807, 2.05) is 42.5 Å². The number of carbonyl (C=O) groups excluding carboxylic acids is 2. The third kappa shape index (κ3) is 3.88. The molecule has 0 spiro atoms. The number of hydrogen-bond acceptors (Lipinski definition) is 4. The van der Waals surface area contributed by atoms with E-state index in [1.54, 1.807) is 0 Å². The van der Waals surface area contributed by atoms with Crippen molar-refractivity contribution in [3.8, 4) is 5.75 Å². The molecule has 2 aliphatic heterocycles. The Morgan fingerprint density at radius 1 is 1.15 bits per heavy atom. The van der Waals surface area contributed by atoms with Crippen molar-refractivity contribution < 1.29 is 19.1 Å². The van der Waals surface area contributed by atoms with Crippen molar-refractivity contribution in [1.29, 1.82) is 0 Å². The number of rotatable bonds is 2. The summed E-state index contributed by atoms with van der Waals surface area (Å²) in [7, 11) is 1.37. The quantitative estimate of drug-likeness (QED) is 0.342. The van der Waals surface area contributed by atoms with Crippen molar-refractivity contribution in [3.63, 3.8) is 0 Å². The van der Waals surface area contributed by atoms with E-state index in [0.29, 0.717) is 24.2 Å². The van der Waals surface area contributed by atoms with Crippen molar-refractivity contribution in [1.82, 2.24) is 0 Å². The summed E-state index contributed by atoms with van der Waals surface area (Å²) >= 11 is 0. The van der Waals surface area contributed by atoms with Gasteiger partial charge in [0, 0.05) is 17.8 Å². The molecule has 0 radical (unpaired) electrons. The van der Waals surface area contributed by atoms with E-state index in [9.17, 15) is 9.59 Å². The number of ketones is 1. The summed E-state index contributed by atoms with van der Waals surface area (Å²) in [6, 6.07) is 8.14. The molecule has 0 N–H and O–H groups in total. The summed E-state index contributed by atoms with van der Waals surface area (Å²) in [5.41, 5.74) is 1.02. The van der Waals surface area contributed by atoms with Gasteiger partial charge in [-0.2, -0.15) is 0 Å². The second kappa shape index (κ2) is 8.96. The highest BCUT2D eigenvalue weighted by molar-refractivity contribution is 6.01. The van der Waals surface area contributed by atoms with Crippen LogP contribution >= 0.6 is 0 Å². The van der Waals surface area contributed by atoms with E-state index in [-0.39, 0.29) is 35.6 Å². The minimum Gasteiger partial charge on any atom is -0.490 e. The van der Waals surface area contributed by atoms with Gasteiger partial charge in [-0.1, -0.05) is 55.9 Å². The second-order valence-corrected chi connectivity index (χ2v) is 10.4. The van der Waals surface area contributed by atoms with E-state index in [1.165, 1.54) is 13.5 Å². The van der Waals surface area contributed by atoms with Gasteiger partial charge in [0.1, 0.15) is 17.8 Å². The van der Waals surface area contributed by atoms with Crippen LogP contribution in [0.3, 0.4) is 0 Å². The molecular formula is C29H34O4. The molecule has 2 bridgehead atoms. The molecule has 1 aromatic carbocycles. The van der Waals surface area contributed by atoms with Crippen LogP contribution in [0.15, 0.2) is 55.1 Å². The van der Waals surface area contributed by atoms with Gasteiger partial charge in [-0.3, -0.25) is 9.59 Å². The molecule has 3 aliphatic carbocycles. The predicted molar refractivity (Wildman–Crippen MR) is 128 cm³/mol. The van der Waals surface area contributed by atoms with Crippen molar-refractivity contribution >= 4 is 17.8 Å². The first-order valence-electron chi connectivity index (χ1n) is 12.4. The molecule has 9 atom stereocenters. The molecule has 0 amide bonds. The van der Waals surface area contributed by atoms with Crippen LogP contribution in [0.2, 0.25) is 0 Å². The first-order chi connectivity index (χ1) is 16.0. The van der Waals surface area contributed by atoms with Gasteiger partial charge in [-0.15, -0.1) is 6.58 Å². The third-order valence-corrected chi connectivity index (χ3v) is 8.61. The van der Waals surface area contributed by atoms with Crippen LogP contribution in [0.25, 0.3) is 6.08 Å². The van der Waals surface area contributed by atoms with Crippen LogP contribution < -0.4 is 4.74 Å². The molecule has 4 nitrogen and oxygen atoms in total. The molecule has 174 valence electrons. The monoisotopic (exact) mass is 446 g/mol. The third-order valence-electron chi connectivity index (χ3n) is 8.61. The highest BCUT2D eigenvalue weighted by atomic mass is 16.5. The topological polar surface area (TPSA) is 52.6 Å². The number of esters is 1. The van der Waals surface area contributed by atoms with E-state index in [4.69, 9.17) is 9.47 Å². The maximum Gasteiger partial charge on any atom is 0.316 e. The minimum absolute atomic E-state index is 0.0291. The summed E-state index contributed by atoms with van der Waals surface area (Å²) in [5, 5.41) is 0. The fourth-order valence-electron chi connectivity index (χ4n) is 7.06. The van der Waals surface area contributed by atoms with Gasteiger partial charge < -0.3 is 9.47 Å². The first kappa shape index (κ1) is 22.2. The van der Waals surface area contributed by atoms with Gasteiger partial charge in [-0.05, 0) is 60.6 Å². The lowest BCUT2D eigenvalue weighted by molar-refractivity contribution is -0.152.